The first-order valence-electron chi connectivity index (χ1n) is 10.1. The first kappa shape index (κ1) is 22.6. The fourth-order valence-electron chi connectivity index (χ4n) is 3.36. The summed E-state index contributed by atoms with van der Waals surface area (Å²) in [4.78, 5) is 29.0. The molecule has 1 aliphatic heterocycles. The lowest BCUT2D eigenvalue weighted by atomic mass is 10.1. The summed E-state index contributed by atoms with van der Waals surface area (Å²) >= 11 is 10.8. The highest BCUT2D eigenvalue weighted by atomic mass is 79.9. The van der Waals surface area contributed by atoms with Gasteiger partial charge in [0, 0.05) is 20.9 Å². The summed E-state index contributed by atoms with van der Waals surface area (Å²) in [6, 6.07) is 23.0. The van der Waals surface area contributed by atoms with Crippen molar-refractivity contribution in [3.05, 3.63) is 98.3 Å². The molecule has 0 aliphatic carbocycles. The quantitative estimate of drug-likeness (QED) is 0.404. The van der Waals surface area contributed by atoms with Crippen LogP contribution in [0.5, 0.6) is 0 Å². The number of amides is 2. The van der Waals surface area contributed by atoms with Gasteiger partial charge in [0.15, 0.2) is 0 Å². The molecule has 7 heteroatoms. The maximum absolute atomic E-state index is 13.3. The molecule has 0 fully saturated rings. The summed E-state index contributed by atoms with van der Waals surface area (Å²) in [6.45, 7) is 0.451. The zero-order valence-electron chi connectivity index (χ0n) is 17.1. The zero-order valence-corrected chi connectivity index (χ0v) is 20.2. The summed E-state index contributed by atoms with van der Waals surface area (Å²) < 4.78 is 0.942. The van der Waals surface area contributed by atoms with Crippen LogP contribution in [0, 0.1) is 0 Å². The lowest BCUT2D eigenvalue weighted by molar-refractivity contribution is -0.122. The smallest absolute Gasteiger partial charge is 0.265 e. The van der Waals surface area contributed by atoms with Crippen LogP contribution < -0.4 is 10.2 Å². The second kappa shape index (κ2) is 10.4. The number of thioether (sulfide) groups is 1. The van der Waals surface area contributed by atoms with Gasteiger partial charge < -0.3 is 5.32 Å². The van der Waals surface area contributed by atoms with Crippen molar-refractivity contribution in [2.24, 2.45) is 0 Å². The molecule has 162 valence electrons. The van der Waals surface area contributed by atoms with E-state index in [0.29, 0.717) is 22.9 Å². The van der Waals surface area contributed by atoms with Crippen LogP contribution in [0.2, 0.25) is 5.02 Å². The molecule has 0 saturated heterocycles. The second-order valence-electron chi connectivity index (χ2n) is 7.25. The van der Waals surface area contributed by atoms with E-state index in [-0.39, 0.29) is 18.4 Å². The first-order chi connectivity index (χ1) is 15.5. The molecule has 0 radical (unpaired) electrons. The monoisotopic (exact) mass is 526 g/mol. The Bertz CT molecular complexity index is 1180. The van der Waals surface area contributed by atoms with E-state index < -0.39 is 0 Å². The van der Waals surface area contributed by atoms with E-state index in [9.17, 15) is 9.59 Å². The number of para-hydroxylation sites is 1. The van der Waals surface area contributed by atoms with Crippen LogP contribution >= 0.6 is 39.3 Å². The minimum atomic E-state index is -0.198. The number of hydrogen-bond acceptors (Lipinski definition) is 3. The van der Waals surface area contributed by atoms with Crippen molar-refractivity contribution in [1.29, 1.82) is 0 Å². The van der Waals surface area contributed by atoms with Gasteiger partial charge >= 0.3 is 0 Å². The Kier molecular flexibility index (Phi) is 7.35. The number of nitrogens with one attached hydrogen (secondary N) is 1. The third-order valence-electron chi connectivity index (χ3n) is 4.93. The maximum atomic E-state index is 13.3. The number of halogens is 2. The van der Waals surface area contributed by atoms with Crippen LogP contribution in [-0.2, 0) is 16.0 Å². The fourth-order valence-corrected chi connectivity index (χ4v) is 4.97. The van der Waals surface area contributed by atoms with Gasteiger partial charge in [0.1, 0.15) is 6.54 Å². The molecule has 4 nitrogen and oxygen atoms in total. The summed E-state index contributed by atoms with van der Waals surface area (Å²) in [5, 5.41) is 3.60. The number of hydrogen-bond donors (Lipinski definition) is 1. The average molecular weight is 528 g/mol. The molecule has 0 atom stereocenters. The SMILES string of the molecule is O=C(CN1C(=O)/C(=C\c2cccc(Br)c2)Sc2ccccc21)NCCc1ccc(Cl)cc1. The maximum Gasteiger partial charge on any atom is 0.265 e. The molecular formula is C25H20BrClN2O2S. The van der Waals surface area contributed by atoms with Crippen LogP contribution in [0.3, 0.4) is 0 Å². The topological polar surface area (TPSA) is 49.4 Å². The van der Waals surface area contributed by atoms with Crippen LogP contribution in [-0.4, -0.2) is 24.9 Å². The molecule has 1 N–H and O–H groups in total. The Balaban J connectivity index is 1.48. The second-order valence-corrected chi connectivity index (χ2v) is 9.69. The molecule has 0 spiro atoms. The van der Waals surface area contributed by atoms with E-state index in [1.54, 1.807) is 4.90 Å². The molecule has 0 bridgehead atoms. The Morgan fingerprint density at radius 2 is 1.84 bits per heavy atom. The number of carbonyl (C=O) groups excluding carboxylic acids is 2. The van der Waals surface area contributed by atoms with Crippen molar-refractivity contribution >= 4 is 62.9 Å². The Labute approximate surface area is 204 Å². The van der Waals surface area contributed by atoms with Crippen LogP contribution in [0.1, 0.15) is 11.1 Å². The summed E-state index contributed by atoms with van der Waals surface area (Å²) in [5.74, 6) is -0.377. The van der Waals surface area contributed by atoms with Crippen LogP contribution in [0.25, 0.3) is 6.08 Å². The molecule has 4 rings (SSSR count). The number of anilines is 1. The van der Waals surface area contributed by atoms with Gasteiger partial charge in [-0.2, -0.15) is 0 Å². The Hall–Kier alpha value is -2.54. The molecule has 1 aliphatic rings. The van der Waals surface area contributed by atoms with E-state index in [4.69, 9.17) is 11.6 Å². The van der Waals surface area contributed by atoms with Crippen LogP contribution in [0.4, 0.5) is 5.69 Å². The highest BCUT2D eigenvalue weighted by Crippen LogP contribution is 2.42. The van der Waals surface area contributed by atoms with Gasteiger partial charge in [-0.3, -0.25) is 14.5 Å². The van der Waals surface area contributed by atoms with Gasteiger partial charge in [0.2, 0.25) is 5.91 Å². The van der Waals surface area contributed by atoms with Crippen molar-refractivity contribution in [3.63, 3.8) is 0 Å². The molecule has 32 heavy (non-hydrogen) atoms. The number of fused-ring (bicyclic) bond motifs is 1. The Morgan fingerprint density at radius 3 is 2.62 bits per heavy atom. The molecule has 0 saturated carbocycles. The summed E-state index contributed by atoms with van der Waals surface area (Å²) in [7, 11) is 0. The normalized spacial score (nSPS) is 14.4. The zero-order chi connectivity index (χ0) is 22.5. The minimum absolute atomic E-state index is 0.0349. The van der Waals surface area contributed by atoms with Crippen LogP contribution in [0.15, 0.2) is 87.1 Å². The number of rotatable bonds is 6. The fraction of sp³-hybridized carbons (Fsp3) is 0.120. The number of benzene rings is 3. The van der Waals surface area contributed by atoms with Crippen molar-refractivity contribution in [3.8, 4) is 0 Å². The standard InChI is InChI=1S/C25H20BrClN2O2S/c26-19-5-3-4-18(14-19)15-23-25(31)29(21-6-1-2-7-22(21)32-23)16-24(30)28-13-12-17-8-10-20(27)11-9-17/h1-11,14-15H,12-13,16H2,(H,28,30)/b23-15+. The lowest BCUT2D eigenvalue weighted by Crippen LogP contribution is -2.43. The minimum Gasteiger partial charge on any atom is -0.354 e. The summed E-state index contributed by atoms with van der Waals surface area (Å²) in [5.41, 5.74) is 2.76. The third-order valence-corrected chi connectivity index (χ3v) is 6.75. The molecule has 0 unspecified atom stereocenters. The molecular weight excluding hydrogens is 508 g/mol. The highest BCUT2D eigenvalue weighted by molar-refractivity contribution is 9.10. The number of nitrogens with zero attached hydrogens (tertiary/aromatic N) is 1. The summed E-state index contributed by atoms with van der Waals surface area (Å²) in [6.07, 6.45) is 2.55. The molecule has 3 aromatic rings. The predicted octanol–water partition coefficient (Wildman–Crippen LogP) is 5.94. The van der Waals surface area contributed by atoms with Gasteiger partial charge in [-0.25, -0.2) is 0 Å². The molecule has 2 amide bonds. The van der Waals surface area contributed by atoms with Gasteiger partial charge in [-0.1, -0.05) is 75.7 Å². The lowest BCUT2D eigenvalue weighted by Gasteiger charge is -2.29. The first-order valence-corrected chi connectivity index (χ1v) is 12.1. The van der Waals surface area contributed by atoms with E-state index >= 15 is 0 Å². The van der Waals surface area contributed by atoms with Gasteiger partial charge in [0.05, 0.1) is 10.6 Å². The van der Waals surface area contributed by atoms with Crippen molar-refractivity contribution in [2.45, 2.75) is 11.3 Å². The van der Waals surface area contributed by atoms with E-state index in [2.05, 4.69) is 21.2 Å². The number of carbonyl (C=O) groups is 2. The van der Waals surface area contributed by atoms with Crippen molar-refractivity contribution < 1.29 is 9.59 Å². The highest BCUT2D eigenvalue weighted by Gasteiger charge is 2.30. The Morgan fingerprint density at radius 1 is 1.06 bits per heavy atom. The van der Waals surface area contributed by atoms with E-state index in [1.807, 2.05) is 78.9 Å². The van der Waals surface area contributed by atoms with Crippen molar-refractivity contribution in [1.82, 2.24) is 5.32 Å². The predicted molar refractivity (Wildman–Crippen MR) is 135 cm³/mol. The average Bonchev–Trinajstić information content (AvgIpc) is 2.78. The largest absolute Gasteiger partial charge is 0.354 e. The molecule has 0 aromatic heterocycles. The van der Waals surface area contributed by atoms with Gasteiger partial charge in [0.25, 0.3) is 5.91 Å². The third kappa shape index (κ3) is 5.63. The van der Waals surface area contributed by atoms with Crippen molar-refractivity contribution in [2.75, 3.05) is 18.0 Å². The molecule has 3 aromatic carbocycles. The molecule has 1 heterocycles. The van der Waals surface area contributed by atoms with Gasteiger partial charge in [-0.15, -0.1) is 0 Å². The van der Waals surface area contributed by atoms with E-state index in [0.717, 1.165) is 26.2 Å². The van der Waals surface area contributed by atoms with Gasteiger partial charge in [-0.05, 0) is 60.0 Å². The van der Waals surface area contributed by atoms with E-state index in [1.165, 1.54) is 11.8 Å².